The van der Waals surface area contributed by atoms with E-state index in [-0.39, 0.29) is 17.9 Å². The molecule has 0 unspecified atom stereocenters. The molecular formula is C9H16N6O. The van der Waals surface area contributed by atoms with Crippen molar-refractivity contribution in [2.75, 3.05) is 0 Å². The molecule has 0 saturated heterocycles. The highest BCUT2D eigenvalue weighted by Gasteiger charge is 2.24. The van der Waals surface area contributed by atoms with E-state index in [2.05, 4.69) is 25.9 Å². The highest BCUT2D eigenvalue weighted by Crippen LogP contribution is 2.23. The summed E-state index contributed by atoms with van der Waals surface area (Å²) in [5.41, 5.74) is 5.78. The van der Waals surface area contributed by atoms with Crippen LogP contribution in [0.2, 0.25) is 0 Å². The minimum atomic E-state index is 0.0664. The maximum atomic E-state index is 11.8. The van der Waals surface area contributed by atoms with Gasteiger partial charge in [-0.05, 0) is 25.7 Å². The van der Waals surface area contributed by atoms with Gasteiger partial charge in [-0.1, -0.05) is 5.21 Å². The number of aromatic nitrogens is 4. The summed E-state index contributed by atoms with van der Waals surface area (Å²) in [5.74, 6) is 0.657. The minimum Gasteiger partial charge on any atom is -0.348 e. The number of nitrogens with one attached hydrogen (secondary N) is 2. The first-order valence-corrected chi connectivity index (χ1v) is 5.51. The molecule has 1 aliphatic carbocycles. The molecule has 1 aromatic rings. The van der Waals surface area contributed by atoms with Gasteiger partial charge in [-0.2, -0.15) is 5.21 Å². The summed E-state index contributed by atoms with van der Waals surface area (Å²) < 4.78 is 0. The van der Waals surface area contributed by atoms with E-state index in [0.717, 1.165) is 25.7 Å². The molecule has 0 aromatic carbocycles. The third kappa shape index (κ3) is 2.75. The van der Waals surface area contributed by atoms with Gasteiger partial charge in [-0.3, -0.25) is 4.79 Å². The predicted octanol–water partition coefficient (Wildman–Crippen LogP) is -0.667. The van der Waals surface area contributed by atoms with Gasteiger partial charge in [0.15, 0.2) is 5.82 Å². The van der Waals surface area contributed by atoms with Gasteiger partial charge in [-0.15, -0.1) is 10.2 Å². The summed E-state index contributed by atoms with van der Waals surface area (Å²) in [4.78, 5) is 11.8. The second-order valence-electron chi connectivity index (χ2n) is 4.16. The summed E-state index contributed by atoms with van der Waals surface area (Å²) in [6.07, 6.45) is 3.61. The summed E-state index contributed by atoms with van der Waals surface area (Å²) in [5, 5.41) is 16.1. The lowest BCUT2D eigenvalue weighted by Gasteiger charge is -2.24. The Bertz CT molecular complexity index is 330. The van der Waals surface area contributed by atoms with Crippen LogP contribution in [-0.2, 0) is 11.3 Å². The van der Waals surface area contributed by atoms with E-state index in [0.29, 0.717) is 12.4 Å². The van der Waals surface area contributed by atoms with Crippen LogP contribution in [0.4, 0.5) is 0 Å². The summed E-state index contributed by atoms with van der Waals surface area (Å²) >= 11 is 0. The Balaban J connectivity index is 1.75. The van der Waals surface area contributed by atoms with Crippen LogP contribution in [0.15, 0.2) is 0 Å². The Morgan fingerprint density at radius 3 is 2.81 bits per heavy atom. The predicted molar refractivity (Wildman–Crippen MR) is 56.0 cm³/mol. The van der Waals surface area contributed by atoms with Crippen LogP contribution in [-0.4, -0.2) is 32.6 Å². The molecular weight excluding hydrogens is 208 g/mol. The van der Waals surface area contributed by atoms with E-state index in [1.807, 2.05) is 0 Å². The molecule has 1 saturated carbocycles. The molecule has 4 N–H and O–H groups in total. The van der Waals surface area contributed by atoms with Crippen molar-refractivity contribution >= 4 is 5.91 Å². The fraction of sp³-hybridized carbons (Fsp3) is 0.778. The van der Waals surface area contributed by atoms with E-state index < -0.39 is 0 Å². The van der Waals surface area contributed by atoms with Gasteiger partial charge < -0.3 is 11.1 Å². The molecule has 0 atom stereocenters. The maximum Gasteiger partial charge on any atom is 0.223 e. The number of hydrogen-bond donors (Lipinski definition) is 3. The third-order valence-electron chi connectivity index (χ3n) is 2.95. The molecule has 0 spiro atoms. The van der Waals surface area contributed by atoms with Crippen LogP contribution >= 0.6 is 0 Å². The number of nitrogens with zero attached hydrogens (tertiary/aromatic N) is 3. The number of aromatic amines is 1. The van der Waals surface area contributed by atoms with Crippen molar-refractivity contribution < 1.29 is 4.79 Å². The monoisotopic (exact) mass is 224 g/mol. The van der Waals surface area contributed by atoms with Crippen molar-refractivity contribution in [3.05, 3.63) is 5.82 Å². The highest BCUT2D eigenvalue weighted by atomic mass is 16.1. The number of hydrogen-bond acceptors (Lipinski definition) is 5. The molecule has 88 valence electrons. The first-order valence-electron chi connectivity index (χ1n) is 5.51. The lowest BCUT2D eigenvalue weighted by atomic mass is 9.86. The van der Waals surface area contributed by atoms with Gasteiger partial charge in [0.1, 0.15) is 0 Å². The van der Waals surface area contributed by atoms with Crippen LogP contribution in [0.1, 0.15) is 31.5 Å². The SMILES string of the molecule is NC1CCC(C(=O)NCc2nn[nH]n2)CC1. The van der Waals surface area contributed by atoms with Crippen LogP contribution in [0.25, 0.3) is 0 Å². The molecule has 2 rings (SSSR count). The van der Waals surface area contributed by atoms with Crippen LogP contribution in [0, 0.1) is 5.92 Å². The van der Waals surface area contributed by atoms with Gasteiger partial charge in [0.25, 0.3) is 0 Å². The molecule has 1 fully saturated rings. The van der Waals surface area contributed by atoms with Crippen LogP contribution < -0.4 is 11.1 Å². The molecule has 7 nitrogen and oxygen atoms in total. The van der Waals surface area contributed by atoms with Crippen molar-refractivity contribution in [2.24, 2.45) is 11.7 Å². The smallest absolute Gasteiger partial charge is 0.223 e. The molecule has 16 heavy (non-hydrogen) atoms. The first kappa shape index (κ1) is 11.0. The van der Waals surface area contributed by atoms with Crippen molar-refractivity contribution in [1.82, 2.24) is 25.9 Å². The van der Waals surface area contributed by atoms with Gasteiger partial charge in [0, 0.05) is 12.0 Å². The van der Waals surface area contributed by atoms with Crippen molar-refractivity contribution in [1.29, 1.82) is 0 Å². The number of carbonyl (C=O) groups excluding carboxylic acids is 1. The van der Waals surface area contributed by atoms with Gasteiger partial charge in [0.2, 0.25) is 5.91 Å². The normalized spacial score (nSPS) is 25.3. The fourth-order valence-corrected chi connectivity index (χ4v) is 1.95. The number of nitrogens with two attached hydrogens (primary N) is 1. The quantitative estimate of drug-likeness (QED) is 0.631. The molecule has 0 aliphatic heterocycles. The summed E-state index contributed by atoms with van der Waals surface area (Å²) in [6, 6.07) is 0.265. The average molecular weight is 224 g/mol. The minimum absolute atomic E-state index is 0.0664. The molecule has 1 amide bonds. The number of H-pyrrole nitrogens is 1. The number of tetrazole rings is 1. The van der Waals surface area contributed by atoms with Gasteiger partial charge in [0.05, 0.1) is 6.54 Å². The topological polar surface area (TPSA) is 110 Å². The van der Waals surface area contributed by atoms with Crippen molar-refractivity contribution in [2.45, 2.75) is 38.3 Å². The lowest BCUT2D eigenvalue weighted by Crippen LogP contribution is -2.36. The molecule has 0 bridgehead atoms. The number of carbonyl (C=O) groups is 1. The highest BCUT2D eigenvalue weighted by molar-refractivity contribution is 5.78. The number of rotatable bonds is 3. The lowest BCUT2D eigenvalue weighted by molar-refractivity contribution is -0.126. The Morgan fingerprint density at radius 1 is 1.44 bits per heavy atom. The van der Waals surface area contributed by atoms with Gasteiger partial charge in [-0.25, -0.2) is 0 Å². The summed E-state index contributed by atoms with van der Waals surface area (Å²) in [6.45, 7) is 0.331. The van der Waals surface area contributed by atoms with E-state index in [1.165, 1.54) is 0 Å². The molecule has 0 radical (unpaired) electrons. The van der Waals surface area contributed by atoms with E-state index in [1.54, 1.807) is 0 Å². The largest absolute Gasteiger partial charge is 0.348 e. The standard InChI is InChI=1S/C9H16N6O/c10-7-3-1-6(2-4-7)9(16)11-5-8-12-14-15-13-8/h6-7H,1-5,10H2,(H,11,16)(H,12,13,14,15). The first-order chi connectivity index (χ1) is 7.75. The zero-order valence-electron chi connectivity index (χ0n) is 9.02. The van der Waals surface area contributed by atoms with E-state index in [4.69, 9.17) is 5.73 Å². The van der Waals surface area contributed by atoms with Crippen LogP contribution in [0.3, 0.4) is 0 Å². The van der Waals surface area contributed by atoms with E-state index in [9.17, 15) is 4.79 Å². The molecule has 1 aromatic heterocycles. The maximum absolute atomic E-state index is 11.8. The molecule has 1 heterocycles. The second-order valence-corrected chi connectivity index (χ2v) is 4.16. The van der Waals surface area contributed by atoms with Crippen molar-refractivity contribution in [3.8, 4) is 0 Å². The zero-order valence-corrected chi connectivity index (χ0v) is 9.02. The Hall–Kier alpha value is -1.50. The Labute approximate surface area is 93.2 Å². The van der Waals surface area contributed by atoms with Crippen molar-refractivity contribution in [3.63, 3.8) is 0 Å². The third-order valence-corrected chi connectivity index (χ3v) is 2.95. The Kier molecular flexibility index (Phi) is 3.45. The zero-order chi connectivity index (χ0) is 11.4. The molecule has 1 aliphatic rings. The summed E-state index contributed by atoms with van der Waals surface area (Å²) in [7, 11) is 0. The average Bonchev–Trinajstić information content (AvgIpc) is 2.80. The van der Waals surface area contributed by atoms with E-state index >= 15 is 0 Å². The Morgan fingerprint density at radius 2 is 2.19 bits per heavy atom. The van der Waals surface area contributed by atoms with Crippen LogP contribution in [0.5, 0.6) is 0 Å². The number of amides is 1. The molecule has 7 heteroatoms. The fourth-order valence-electron chi connectivity index (χ4n) is 1.95. The second kappa shape index (κ2) is 5.02. The van der Waals surface area contributed by atoms with Gasteiger partial charge >= 0.3 is 0 Å².